The molecule has 0 aliphatic carbocycles. The monoisotopic (exact) mass is 332 g/mol. The van der Waals surface area contributed by atoms with Crippen LogP contribution >= 0.6 is 0 Å². The Morgan fingerprint density at radius 2 is 2.17 bits per heavy atom. The average Bonchev–Trinajstić information content (AvgIpc) is 3.15. The topological polar surface area (TPSA) is 89.2 Å². The maximum atomic E-state index is 12.1. The van der Waals surface area contributed by atoms with Crippen molar-refractivity contribution in [2.45, 2.75) is 25.5 Å². The molecular weight excluding hydrogens is 308 g/mol. The van der Waals surface area contributed by atoms with Crippen molar-refractivity contribution < 1.29 is 14.3 Å². The average molecular weight is 332 g/mol. The first-order chi connectivity index (χ1) is 11.7. The van der Waals surface area contributed by atoms with E-state index in [0.29, 0.717) is 32.3 Å². The van der Waals surface area contributed by atoms with Crippen molar-refractivity contribution in [3.8, 4) is 0 Å². The van der Waals surface area contributed by atoms with Crippen molar-refractivity contribution >= 4 is 17.6 Å². The van der Waals surface area contributed by atoms with Crippen LogP contribution in [0.1, 0.15) is 18.4 Å². The van der Waals surface area contributed by atoms with E-state index in [-0.39, 0.29) is 12.0 Å². The minimum atomic E-state index is -0.330. The van der Waals surface area contributed by atoms with E-state index in [9.17, 15) is 4.79 Å². The molecule has 0 radical (unpaired) electrons. The van der Waals surface area contributed by atoms with Gasteiger partial charge >= 0.3 is 0 Å². The van der Waals surface area contributed by atoms with Crippen LogP contribution in [0.3, 0.4) is 0 Å². The van der Waals surface area contributed by atoms with Gasteiger partial charge in [0.2, 0.25) is 0 Å². The minimum Gasteiger partial charge on any atom is -0.378 e. The van der Waals surface area contributed by atoms with Crippen LogP contribution in [0.5, 0.6) is 0 Å². The highest BCUT2D eigenvalue weighted by atomic mass is 16.5. The molecule has 2 saturated heterocycles. The van der Waals surface area contributed by atoms with Gasteiger partial charge in [0.25, 0.3) is 5.91 Å². The highest BCUT2D eigenvalue weighted by molar-refractivity contribution is 5.94. The number of carbonyl (C=O) groups excluding carboxylic acids is 1. The van der Waals surface area contributed by atoms with Gasteiger partial charge in [-0.05, 0) is 30.5 Å². The molecule has 1 unspecified atom stereocenters. The van der Waals surface area contributed by atoms with Crippen molar-refractivity contribution in [3.63, 3.8) is 0 Å². The second kappa shape index (κ2) is 8.12. The van der Waals surface area contributed by atoms with E-state index in [1.165, 1.54) is 0 Å². The number of hydrogen-bond acceptors (Lipinski definition) is 4. The molecule has 24 heavy (non-hydrogen) atoms. The SMILES string of the molecule is NC(=NCc1cccc(NC(=O)C2CCCO2)c1)N1CCOCC1. The zero-order valence-electron chi connectivity index (χ0n) is 13.7. The lowest BCUT2D eigenvalue weighted by molar-refractivity contribution is -0.124. The quantitative estimate of drug-likeness (QED) is 0.633. The summed E-state index contributed by atoms with van der Waals surface area (Å²) in [7, 11) is 0. The van der Waals surface area contributed by atoms with Gasteiger partial charge in [0.05, 0.1) is 19.8 Å². The Hall–Kier alpha value is -2.12. The molecule has 1 amide bonds. The third kappa shape index (κ3) is 4.46. The predicted octanol–water partition coefficient (Wildman–Crippen LogP) is 0.951. The molecule has 7 nitrogen and oxygen atoms in total. The molecule has 1 atom stereocenters. The summed E-state index contributed by atoms with van der Waals surface area (Å²) < 4.78 is 10.7. The van der Waals surface area contributed by atoms with Gasteiger partial charge in [0, 0.05) is 25.4 Å². The smallest absolute Gasteiger partial charge is 0.253 e. The zero-order chi connectivity index (χ0) is 16.8. The van der Waals surface area contributed by atoms with Crippen LogP contribution in [-0.4, -0.2) is 55.8 Å². The highest BCUT2D eigenvalue weighted by Crippen LogP contribution is 2.16. The lowest BCUT2D eigenvalue weighted by Crippen LogP contribution is -2.44. The molecule has 0 bridgehead atoms. The minimum absolute atomic E-state index is 0.0824. The van der Waals surface area contributed by atoms with Gasteiger partial charge in [-0.15, -0.1) is 0 Å². The molecule has 0 saturated carbocycles. The third-order valence-electron chi connectivity index (χ3n) is 4.18. The van der Waals surface area contributed by atoms with Crippen LogP contribution in [0.15, 0.2) is 29.3 Å². The summed E-state index contributed by atoms with van der Waals surface area (Å²) in [6.45, 7) is 4.04. The number of nitrogens with two attached hydrogens (primary N) is 1. The molecule has 1 aromatic carbocycles. The molecule has 1 aromatic rings. The Balaban J connectivity index is 1.57. The van der Waals surface area contributed by atoms with Crippen LogP contribution in [0.2, 0.25) is 0 Å². The Kier molecular flexibility index (Phi) is 5.66. The van der Waals surface area contributed by atoms with Gasteiger partial charge in [0.1, 0.15) is 6.10 Å². The highest BCUT2D eigenvalue weighted by Gasteiger charge is 2.23. The number of benzene rings is 1. The number of nitrogens with zero attached hydrogens (tertiary/aromatic N) is 2. The van der Waals surface area contributed by atoms with E-state index in [1.807, 2.05) is 29.2 Å². The van der Waals surface area contributed by atoms with E-state index in [1.54, 1.807) is 0 Å². The van der Waals surface area contributed by atoms with Gasteiger partial charge < -0.3 is 25.4 Å². The first kappa shape index (κ1) is 16.7. The molecule has 3 N–H and O–H groups in total. The van der Waals surface area contributed by atoms with Crippen molar-refractivity contribution in [3.05, 3.63) is 29.8 Å². The summed E-state index contributed by atoms with van der Waals surface area (Å²) in [6.07, 6.45) is 1.39. The second-order valence-corrected chi connectivity index (χ2v) is 5.97. The van der Waals surface area contributed by atoms with Crippen molar-refractivity contribution in [2.24, 2.45) is 10.7 Å². The summed E-state index contributed by atoms with van der Waals surface area (Å²) in [5, 5.41) is 2.90. The van der Waals surface area contributed by atoms with Gasteiger partial charge in [-0.2, -0.15) is 0 Å². The summed E-state index contributed by atoms with van der Waals surface area (Å²) in [4.78, 5) is 18.6. The van der Waals surface area contributed by atoms with Crippen molar-refractivity contribution in [1.29, 1.82) is 0 Å². The summed E-state index contributed by atoms with van der Waals surface area (Å²) in [6, 6.07) is 7.66. The molecule has 2 heterocycles. The van der Waals surface area contributed by atoms with E-state index in [4.69, 9.17) is 15.2 Å². The number of hydrogen-bond donors (Lipinski definition) is 2. The molecule has 130 valence electrons. The number of amides is 1. The number of carbonyl (C=O) groups is 1. The van der Waals surface area contributed by atoms with Gasteiger partial charge in [0.15, 0.2) is 5.96 Å². The third-order valence-corrected chi connectivity index (χ3v) is 4.18. The van der Waals surface area contributed by atoms with Gasteiger partial charge in [-0.3, -0.25) is 4.79 Å². The van der Waals surface area contributed by atoms with Crippen LogP contribution in [0.25, 0.3) is 0 Å². The Bertz CT molecular complexity index is 593. The second-order valence-electron chi connectivity index (χ2n) is 5.97. The lowest BCUT2D eigenvalue weighted by Gasteiger charge is -2.27. The molecule has 2 aliphatic heterocycles. The van der Waals surface area contributed by atoms with Gasteiger partial charge in [-0.25, -0.2) is 4.99 Å². The maximum Gasteiger partial charge on any atom is 0.253 e. The number of nitrogens with one attached hydrogen (secondary N) is 1. The first-order valence-electron chi connectivity index (χ1n) is 8.36. The largest absolute Gasteiger partial charge is 0.378 e. The number of morpholine rings is 1. The molecule has 3 rings (SSSR count). The number of anilines is 1. The summed E-state index contributed by atoms with van der Waals surface area (Å²) >= 11 is 0. The van der Waals surface area contributed by atoms with E-state index in [2.05, 4.69) is 10.3 Å². The van der Waals surface area contributed by atoms with E-state index < -0.39 is 0 Å². The molecular formula is C17H24N4O3. The fraction of sp³-hybridized carbons (Fsp3) is 0.529. The molecule has 0 aromatic heterocycles. The van der Waals surface area contributed by atoms with E-state index >= 15 is 0 Å². The standard InChI is InChI=1S/C17H24N4O3/c18-17(21-6-9-23-10-7-21)19-12-13-3-1-4-14(11-13)20-16(22)15-5-2-8-24-15/h1,3-4,11,15H,2,5-10,12H2,(H2,18,19)(H,20,22). The summed E-state index contributed by atoms with van der Waals surface area (Å²) in [5.74, 6) is 0.452. The molecule has 0 spiro atoms. The first-order valence-corrected chi connectivity index (χ1v) is 8.36. The van der Waals surface area contributed by atoms with Crippen molar-refractivity contribution in [1.82, 2.24) is 4.90 Å². The van der Waals surface area contributed by atoms with Crippen molar-refractivity contribution in [2.75, 3.05) is 38.2 Å². The van der Waals surface area contributed by atoms with Crippen LogP contribution in [-0.2, 0) is 20.8 Å². The Morgan fingerprint density at radius 3 is 2.92 bits per heavy atom. The maximum absolute atomic E-state index is 12.1. The van der Waals surface area contributed by atoms with Gasteiger partial charge in [-0.1, -0.05) is 12.1 Å². The number of guanidine groups is 1. The molecule has 2 aliphatic rings. The normalized spacial score (nSPS) is 21.8. The zero-order valence-corrected chi connectivity index (χ0v) is 13.7. The van der Waals surface area contributed by atoms with Crippen LogP contribution in [0.4, 0.5) is 5.69 Å². The Labute approximate surface area is 141 Å². The molecule has 2 fully saturated rings. The van der Waals surface area contributed by atoms with E-state index in [0.717, 1.165) is 37.2 Å². The fourth-order valence-electron chi connectivity index (χ4n) is 2.82. The summed E-state index contributed by atoms with van der Waals surface area (Å²) in [5.41, 5.74) is 7.79. The van der Waals surface area contributed by atoms with Crippen LogP contribution in [0, 0.1) is 0 Å². The lowest BCUT2D eigenvalue weighted by atomic mass is 10.2. The fourth-order valence-corrected chi connectivity index (χ4v) is 2.82. The molecule has 7 heteroatoms. The number of ether oxygens (including phenoxy) is 2. The predicted molar refractivity (Wildman–Crippen MR) is 91.8 cm³/mol. The number of aliphatic imine (C=N–C) groups is 1. The Morgan fingerprint density at radius 1 is 1.33 bits per heavy atom. The van der Waals surface area contributed by atoms with Crippen LogP contribution < -0.4 is 11.1 Å². The number of rotatable bonds is 4.